The van der Waals surface area contributed by atoms with E-state index in [1.54, 1.807) is 12.1 Å². The van der Waals surface area contributed by atoms with Crippen LogP contribution in [0.25, 0.3) is 0 Å². The van der Waals surface area contributed by atoms with Crippen LogP contribution < -0.4 is 14.8 Å². The summed E-state index contributed by atoms with van der Waals surface area (Å²) in [5.74, 6) is 0.0741. The smallest absolute Gasteiger partial charge is 0.387 e. The molecule has 0 radical (unpaired) electrons. The number of alkyl halides is 2. The number of nitriles is 1. The SMILES string of the molecule is COc1cc(CN(C)CCC(=O)Nc2sc3c(c2C#N)CCCC3)ccc1OC(F)F. The minimum atomic E-state index is -2.92. The van der Waals surface area contributed by atoms with Gasteiger partial charge in [0, 0.05) is 24.4 Å². The first kappa shape index (κ1) is 23.0. The standard InChI is InChI=1S/C22H25F2N3O3S/c1-27(13-14-7-8-17(30-22(23)24)18(11-14)29-2)10-9-20(28)26-21-16(12-25)15-5-3-4-6-19(15)31-21/h7-8,11,22H,3-6,9-10,13H2,1-2H3,(H,26,28). The minimum Gasteiger partial charge on any atom is -0.493 e. The number of methoxy groups -OCH3 is 1. The van der Waals surface area contributed by atoms with E-state index in [1.165, 1.54) is 29.4 Å². The predicted octanol–water partition coefficient (Wildman–Crippen LogP) is 4.57. The molecule has 1 aromatic carbocycles. The van der Waals surface area contributed by atoms with Gasteiger partial charge in [-0.25, -0.2) is 0 Å². The van der Waals surface area contributed by atoms with Crippen LogP contribution >= 0.6 is 11.3 Å². The average Bonchev–Trinajstić information content (AvgIpc) is 3.09. The van der Waals surface area contributed by atoms with Gasteiger partial charge >= 0.3 is 6.61 Å². The summed E-state index contributed by atoms with van der Waals surface area (Å²) in [5.41, 5.74) is 2.55. The molecule has 0 unspecified atom stereocenters. The van der Waals surface area contributed by atoms with Crippen LogP contribution in [0.3, 0.4) is 0 Å². The maximum atomic E-state index is 12.5. The van der Waals surface area contributed by atoms with Crippen LogP contribution in [0.1, 0.15) is 40.8 Å². The summed E-state index contributed by atoms with van der Waals surface area (Å²) >= 11 is 1.51. The number of hydrogen-bond acceptors (Lipinski definition) is 6. The van der Waals surface area contributed by atoms with Crippen LogP contribution in [-0.4, -0.2) is 38.1 Å². The third-order valence-electron chi connectivity index (χ3n) is 5.15. The van der Waals surface area contributed by atoms with Crippen LogP contribution in [0.5, 0.6) is 11.5 Å². The number of halogens is 2. The molecule has 0 fully saturated rings. The Morgan fingerprint density at radius 2 is 2.10 bits per heavy atom. The Morgan fingerprint density at radius 1 is 1.32 bits per heavy atom. The first-order valence-electron chi connectivity index (χ1n) is 10.1. The number of aryl methyl sites for hydroxylation is 1. The number of fused-ring (bicyclic) bond motifs is 1. The molecule has 3 rings (SSSR count). The lowest BCUT2D eigenvalue weighted by molar-refractivity contribution is -0.116. The Morgan fingerprint density at radius 3 is 2.81 bits per heavy atom. The van der Waals surface area contributed by atoms with Gasteiger partial charge in [0.05, 0.1) is 12.7 Å². The van der Waals surface area contributed by atoms with Gasteiger partial charge in [-0.1, -0.05) is 6.07 Å². The molecule has 1 N–H and O–H groups in total. The van der Waals surface area contributed by atoms with E-state index in [9.17, 15) is 18.8 Å². The molecular formula is C22H25F2N3O3S. The molecule has 1 aliphatic rings. The van der Waals surface area contributed by atoms with Crippen molar-refractivity contribution in [3.05, 3.63) is 39.8 Å². The molecule has 1 aromatic heterocycles. The summed E-state index contributed by atoms with van der Waals surface area (Å²) in [7, 11) is 3.26. The normalized spacial score (nSPS) is 13.1. The average molecular weight is 450 g/mol. The quantitative estimate of drug-likeness (QED) is 0.607. The summed E-state index contributed by atoms with van der Waals surface area (Å²) in [6, 6.07) is 7.03. The van der Waals surface area contributed by atoms with Crippen molar-refractivity contribution in [1.29, 1.82) is 5.26 Å². The largest absolute Gasteiger partial charge is 0.493 e. The van der Waals surface area contributed by atoms with Crippen molar-refractivity contribution in [2.75, 3.05) is 26.0 Å². The number of carbonyl (C=O) groups is 1. The number of benzene rings is 1. The van der Waals surface area contributed by atoms with Crippen molar-refractivity contribution < 1.29 is 23.0 Å². The fourth-order valence-electron chi connectivity index (χ4n) is 3.65. The number of anilines is 1. The second-order valence-corrected chi connectivity index (χ2v) is 8.53. The Kier molecular flexibility index (Phi) is 7.82. The molecule has 0 spiro atoms. The number of amides is 1. The molecule has 2 aromatic rings. The number of hydrogen-bond donors (Lipinski definition) is 1. The summed E-state index contributed by atoms with van der Waals surface area (Å²) < 4.78 is 34.5. The second-order valence-electron chi connectivity index (χ2n) is 7.43. The van der Waals surface area contributed by atoms with Gasteiger partial charge in [-0.05, 0) is 56.0 Å². The van der Waals surface area contributed by atoms with E-state index in [-0.39, 0.29) is 23.8 Å². The number of rotatable bonds is 9. The minimum absolute atomic E-state index is 0.0183. The predicted molar refractivity (Wildman–Crippen MR) is 115 cm³/mol. The molecule has 0 saturated carbocycles. The lowest BCUT2D eigenvalue weighted by atomic mass is 9.96. The van der Waals surface area contributed by atoms with E-state index in [4.69, 9.17) is 4.74 Å². The molecule has 0 bridgehead atoms. The van der Waals surface area contributed by atoms with Gasteiger partial charge in [0.15, 0.2) is 11.5 Å². The number of ether oxygens (including phenoxy) is 2. The van der Waals surface area contributed by atoms with Crippen LogP contribution in [0, 0.1) is 11.3 Å². The van der Waals surface area contributed by atoms with Crippen LogP contribution in [-0.2, 0) is 24.2 Å². The third-order valence-corrected chi connectivity index (χ3v) is 6.36. The molecule has 6 nitrogen and oxygen atoms in total. The molecule has 1 amide bonds. The van der Waals surface area contributed by atoms with E-state index in [2.05, 4.69) is 16.1 Å². The summed E-state index contributed by atoms with van der Waals surface area (Å²) in [6.07, 6.45) is 4.34. The van der Waals surface area contributed by atoms with E-state index in [0.29, 0.717) is 23.7 Å². The number of nitrogens with zero attached hydrogens (tertiary/aromatic N) is 2. The van der Waals surface area contributed by atoms with Crippen LogP contribution in [0.15, 0.2) is 18.2 Å². The maximum absolute atomic E-state index is 12.5. The number of thiophene rings is 1. The molecule has 166 valence electrons. The molecule has 1 heterocycles. The van der Waals surface area contributed by atoms with Gasteiger partial charge in [0.25, 0.3) is 0 Å². The highest BCUT2D eigenvalue weighted by Crippen LogP contribution is 2.37. The first-order valence-corrected chi connectivity index (χ1v) is 10.9. The highest BCUT2D eigenvalue weighted by molar-refractivity contribution is 7.16. The zero-order valence-corrected chi connectivity index (χ0v) is 18.4. The lowest BCUT2D eigenvalue weighted by Crippen LogP contribution is -2.24. The molecule has 0 saturated heterocycles. The highest BCUT2D eigenvalue weighted by atomic mass is 32.1. The van der Waals surface area contributed by atoms with Crippen molar-refractivity contribution in [2.45, 2.75) is 45.3 Å². The van der Waals surface area contributed by atoms with Gasteiger partial charge in [-0.15, -0.1) is 11.3 Å². The highest BCUT2D eigenvalue weighted by Gasteiger charge is 2.21. The second kappa shape index (κ2) is 10.6. The van der Waals surface area contributed by atoms with Gasteiger partial charge in [-0.2, -0.15) is 14.0 Å². The van der Waals surface area contributed by atoms with E-state index in [1.807, 2.05) is 11.9 Å². The van der Waals surface area contributed by atoms with E-state index in [0.717, 1.165) is 36.8 Å². The molecule has 31 heavy (non-hydrogen) atoms. The van der Waals surface area contributed by atoms with Gasteiger partial charge in [0.2, 0.25) is 5.91 Å². The molecule has 1 aliphatic carbocycles. The van der Waals surface area contributed by atoms with Crippen molar-refractivity contribution in [3.63, 3.8) is 0 Å². The molecule has 0 atom stereocenters. The Hall–Kier alpha value is -2.70. The summed E-state index contributed by atoms with van der Waals surface area (Å²) in [6.45, 7) is -1.91. The fraction of sp³-hybridized carbons (Fsp3) is 0.455. The van der Waals surface area contributed by atoms with Crippen LogP contribution in [0.2, 0.25) is 0 Å². The monoisotopic (exact) mass is 449 g/mol. The van der Waals surface area contributed by atoms with Gasteiger partial charge in [0.1, 0.15) is 11.1 Å². The van der Waals surface area contributed by atoms with Crippen LogP contribution in [0.4, 0.5) is 13.8 Å². The van der Waals surface area contributed by atoms with Gasteiger partial charge < -0.3 is 19.7 Å². The van der Waals surface area contributed by atoms with Crippen molar-refractivity contribution in [1.82, 2.24) is 4.90 Å². The van der Waals surface area contributed by atoms with Gasteiger partial charge in [-0.3, -0.25) is 4.79 Å². The zero-order valence-electron chi connectivity index (χ0n) is 17.5. The Labute approximate surface area is 184 Å². The van der Waals surface area contributed by atoms with E-state index < -0.39 is 6.61 Å². The number of nitrogens with one attached hydrogen (secondary N) is 1. The number of carbonyl (C=O) groups excluding carboxylic acids is 1. The Balaban J connectivity index is 1.54. The fourth-order valence-corrected chi connectivity index (χ4v) is 4.90. The lowest BCUT2D eigenvalue weighted by Gasteiger charge is -2.18. The van der Waals surface area contributed by atoms with Crippen molar-refractivity contribution in [2.24, 2.45) is 0 Å². The third kappa shape index (κ3) is 5.93. The molecule has 0 aliphatic heterocycles. The maximum Gasteiger partial charge on any atom is 0.387 e. The summed E-state index contributed by atoms with van der Waals surface area (Å²) in [5, 5.41) is 13.1. The van der Waals surface area contributed by atoms with Crippen molar-refractivity contribution in [3.8, 4) is 17.6 Å². The van der Waals surface area contributed by atoms with Crippen molar-refractivity contribution >= 4 is 22.2 Å². The topological polar surface area (TPSA) is 74.6 Å². The zero-order chi connectivity index (χ0) is 22.4. The Bertz CT molecular complexity index is 972. The molecule has 9 heteroatoms. The molecular weight excluding hydrogens is 424 g/mol. The summed E-state index contributed by atoms with van der Waals surface area (Å²) in [4.78, 5) is 15.6. The van der Waals surface area contributed by atoms with E-state index >= 15 is 0 Å². The first-order chi connectivity index (χ1) is 14.9.